The summed E-state index contributed by atoms with van der Waals surface area (Å²) in [5, 5.41) is -0.0335. The predicted octanol–water partition coefficient (Wildman–Crippen LogP) is 3.13. The second-order valence-electron chi connectivity index (χ2n) is 3.70. The van der Waals surface area contributed by atoms with Crippen LogP contribution in [0, 0.1) is 0 Å². The molecule has 0 N–H and O–H groups in total. The third-order valence-electron chi connectivity index (χ3n) is 2.04. The summed E-state index contributed by atoms with van der Waals surface area (Å²) in [5.41, 5.74) is 0. The van der Waals surface area contributed by atoms with Crippen LogP contribution in [0.1, 0.15) is 13.8 Å². The fourth-order valence-electron chi connectivity index (χ4n) is 1.17. The van der Waals surface area contributed by atoms with E-state index in [0.717, 1.165) is 0 Å². The van der Waals surface area contributed by atoms with Gasteiger partial charge in [-0.05, 0) is 26.0 Å². The molecule has 1 aromatic rings. The third-order valence-corrected chi connectivity index (χ3v) is 5.09. The van der Waals surface area contributed by atoms with Gasteiger partial charge in [-0.1, -0.05) is 23.7 Å². The normalized spacial score (nSPS) is 12.5. The Balaban J connectivity index is 2.83. The monoisotopic (exact) mass is 374 g/mol. The molecule has 22 heavy (non-hydrogen) atoms. The molecule has 0 saturated heterocycles. The van der Waals surface area contributed by atoms with Crippen LogP contribution in [0.15, 0.2) is 29.2 Å². The van der Waals surface area contributed by atoms with Crippen molar-refractivity contribution in [2.45, 2.75) is 18.7 Å². The maximum Gasteiger partial charge on any atom is 0.411 e. The Morgan fingerprint density at radius 3 is 2.14 bits per heavy atom. The zero-order chi connectivity index (χ0) is 16.6. The molecule has 0 heterocycles. The standard InChI is InChI=1S/C11H16ClO8PS/c1-3-16-19-21(13,20-17-4-2)9-18-22(14,15)11-8-6-5-7-10(11)12/h5-8H,3-4,9H2,1-2H3. The summed E-state index contributed by atoms with van der Waals surface area (Å²) in [7, 11) is -8.32. The van der Waals surface area contributed by atoms with Gasteiger partial charge >= 0.3 is 7.60 Å². The molecule has 1 aromatic carbocycles. The Morgan fingerprint density at radius 1 is 1.09 bits per heavy atom. The SMILES string of the molecule is CCOOP(=O)(COS(=O)(=O)c1ccccc1Cl)OOCC. The highest BCUT2D eigenvalue weighted by Gasteiger charge is 2.32. The van der Waals surface area contributed by atoms with Crippen molar-refractivity contribution in [2.75, 3.05) is 19.6 Å². The molecule has 0 aromatic heterocycles. The summed E-state index contributed by atoms with van der Waals surface area (Å²) in [6, 6.07) is 5.65. The first-order valence-electron chi connectivity index (χ1n) is 6.20. The molecule has 126 valence electrons. The summed E-state index contributed by atoms with van der Waals surface area (Å²) in [6.07, 6.45) is -0.930. The van der Waals surface area contributed by atoms with Crippen LogP contribution >= 0.6 is 19.2 Å². The van der Waals surface area contributed by atoms with E-state index in [1.165, 1.54) is 18.2 Å². The molecule has 0 unspecified atom stereocenters. The van der Waals surface area contributed by atoms with E-state index in [1.54, 1.807) is 19.9 Å². The molecular weight excluding hydrogens is 359 g/mol. The second-order valence-corrected chi connectivity index (χ2v) is 7.47. The fraction of sp³-hybridized carbons (Fsp3) is 0.455. The Bertz CT molecular complexity index is 608. The van der Waals surface area contributed by atoms with Gasteiger partial charge in [-0.3, -0.25) is 8.75 Å². The van der Waals surface area contributed by atoms with Crippen molar-refractivity contribution in [3.63, 3.8) is 0 Å². The van der Waals surface area contributed by atoms with Gasteiger partial charge in [0.1, 0.15) is 4.90 Å². The van der Waals surface area contributed by atoms with Gasteiger partial charge in [0.25, 0.3) is 10.1 Å². The second kappa shape index (κ2) is 8.95. The molecule has 0 spiro atoms. The minimum absolute atomic E-state index is 0.0335. The lowest BCUT2D eigenvalue weighted by Gasteiger charge is -2.15. The lowest BCUT2D eigenvalue weighted by Crippen LogP contribution is -2.11. The summed E-state index contributed by atoms with van der Waals surface area (Å²) in [6.45, 7) is 3.28. The van der Waals surface area contributed by atoms with Crippen molar-refractivity contribution in [1.29, 1.82) is 0 Å². The van der Waals surface area contributed by atoms with Crippen LogP contribution in [0.5, 0.6) is 0 Å². The first kappa shape index (κ1) is 19.5. The molecule has 0 amide bonds. The zero-order valence-electron chi connectivity index (χ0n) is 11.9. The van der Waals surface area contributed by atoms with E-state index in [2.05, 4.69) is 23.3 Å². The topological polar surface area (TPSA) is 97.4 Å². The zero-order valence-corrected chi connectivity index (χ0v) is 14.4. The first-order valence-corrected chi connectivity index (χ1v) is 9.71. The molecule has 1 rings (SSSR count). The largest absolute Gasteiger partial charge is 0.411 e. The third kappa shape index (κ3) is 5.94. The van der Waals surface area contributed by atoms with E-state index in [4.69, 9.17) is 11.6 Å². The Hall–Kier alpha value is -0.510. The van der Waals surface area contributed by atoms with Crippen molar-refractivity contribution in [2.24, 2.45) is 0 Å². The molecule has 0 fully saturated rings. The van der Waals surface area contributed by atoms with Crippen molar-refractivity contribution < 1.29 is 36.3 Å². The van der Waals surface area contributed by atoms with Gasteiger partial charge in [0.15, 0.2) is 6.35 Å². The smallest absolute Gasteiger partial charge is 0.253 e. The highest BCUT2D eigenvalue weighted by atomic mass is 35.5. The van der Waals surface area contributed by atoms with Gasteiger partial charge in [0.2, 0.25) is 0 Å². The molecule has 0 radical (unpaired) electrons. The van der Waals surface area contributed by atoms with E-state index in [1.807, 2.05) is 0 Å². The Kier molecular flexibility index (Phi) is 7.95. The van der Waals surface area contributed by atoms with Crippen molar-refractivity contribution in [3.8, 4) is 0 Å². The van der Waals surface area contributed by atoms with Gasteiger partial charge < -0.3 is 0 Å². The average Bonchev–Trinajstić information content (AvgIpc) is 2.50. The molecule has 0 atom stereocenters. The molecule has 0 aliphatic heterocycles. The molecule has 8 nitrogen and oxygen atoms in total. The van der Waals surface area contributed by atoms with Crippen LogP contribution in [0.3, 0.4) is 0 Å². The maximum atomic E-state index is 12.2. The average molecular weight is 375 g/mol. The summed E-state index contributed by atoms with van der Waals surface area (Å²) in [5.74, 6) is 0. The number of rotatable bonds is 10. The highest BCUT2D eigenvalue weighted by molar-refractivity contribution is 7.87. The molecular formula is C11H16ClO8PS. The summed E-state index contributed by atoms with van der Waals surface area (Å²) < 4.78 is 50.0. The van der Waals surface area contributed by atoms with Crippen LogP contribution in [0.4, 0.5) is 0 Å². The number of benzene rings is 1. The molecule has 0 aliphatic rings. The number of hydrogen-bond donors (Lipinski definition) is 0. The fourth-order valence-corrected chi connectivity index (χ4v) is 3.98. The van der Waals surface area contributed by atoms with E-state index < -0.39 is 24.1 Å². The van der Waals surface area contributed by atoms with Crippen LogP contribution in [-0.4, -0.2) is 28.0 Å². The van der Waals surface area contributed by atoms with Crippen LogP contribution in [0.25, 0.3) is 0 Å². The van der Waals surface area contributed by atoms with E-state index in [-0.39, 0.29) is 23.1 Å². The molecule has 0 saturated carbocycles. The van der Waals surface area contributed by atoms with Gasteiger partial charge in [-0.15, -0.1) is 9.35 Å². The maximum absolute atomic E-state index is 12.2. The van der Waals surface area contributed by atoms with Gasteiger partial charge in [-0.2, -0.15) is 8.42 Å². The Morgan fingerprint density at radius 2 is 1.64 bits per heavy atom. The first-order chi connectivity index (χ1) is 10.3. The van der Waals surface area contributed by atoms with Gasteiger partial charge in [0.05, 0.1) is 18.2 Å². The molecule has 11 heteroatoms. The van der Waals surface area contributed by atoms with Crippen LogP contribution in [0.2, 0.25) is 5.02 Å². The number of hydrogen-bond acceptors (Lipinski definition) is 8. The lowest BCUT2D eigenvalue weighted by molar-refractivity contribution is -0.264. The van der Waals surface area contributed by atoms with Gasteiger partial charge in [-0.25, -0.2) is 9.78 Å². The van der Waals surface area contributed by atoms with Crippen molar-refractivity contribution in [3.05, 3.63) is 29.3 Å². The Labute approximate surface area is 133 Å². The van der Waals surface area contributed by atoms with Crippen LogP contribution < -0.4 is 0 Å². The quantitative estimate of drug-likeness (QED) is 0.266. The lowest BCUT2D eigenvalue weighted by atomic mass is 10.4. The predicted molar refractivity (Wildman–Crippen MR) is 77.6 cm³/mol. The van der Waals surface area contributed by atoms with Crippen molar-refractivity contribution in [1.82, 2.24) is 0 Å². The van der Waals surface area contributed by atoms with E-state index >= 15 is 0 Å². The summed E-state index contributed by atoms with van der Waals surface area (Å²) >= 11 is 5.79. The van der Waals surface area contributed by atoms with Crippen LogP contribution in [-0.2, 0) is 38.0 Å². The number of halogens is 1. The van der Waals surface area contributed by atoms with E-state index in [0.29, 0.717) is 0 Å². The van der Waals surface area contributed by atoms with Crippen molar-refractivity contribution >= 4 is 29.3 Å². The molecule has 0 bridgehead atoms. The highest BCUT2D eigenvalue weighted by Crippen LogP contribution is 2.49. The van der Waals surface area contributed by atoms with Gasteiger partial charge in [0, 0.05) is 0 Å². The molecule has 0 aliphatic carbocycles. The van der Waals surface area contributed by atoms with E-state index in [9.17, 15) is 13.0 Å². The summed E-state index contributed by atoms with van der Waals surface area (Å²) in [4.78, 5) is 8.78. The minimum Gasteiger partial charge on any atom is -0.253 e. The minimum atomic E-state index is -4.25.